The number of amides is 1. The summed E-state index contributed by atoms with van der Waals surface area (Å²) in [5.74, 6) is 0.102. The second-order valence-corrected chi connectivity index (χ2v) is 6.74. The fourth-order valence-corrected chi connectivity index (χ4v) is 1.73. The van der Waals surface area contributed by atoms with Crippen molar-refractivity contribution in [1.29, 1.82) is 0 Å². The van der Waals surface area contributed by atoms with Crippen LogP contribution in [0.25, 0.3) is 0 Å². The van der Waals surface area contributed by atoms with E-state index in [1.807, 2.05) is 13.8 Å². The summed E-state index contributed by atoms with van der Waals surface area (Å²) in [6.07, 6.45) is 1.85. The van der Waals surface area contributed by atoms with Gasteiger partial charge >= 0.3 is 0 Å². The highest BCUT2D eigenvalue weighted by atomic mass is 32.2. The summed E-state index contributed by atoms with van der Waals surface area (Å²) >= 11 is 0. The number of rotatable bonds is 7. The van der Waals surface area contributed by atoms with Crippen molar-refractivity contribution in [2.45, 2.75) is 26.3 Å². The molecule has 0 aromatic rings. The van der Waals surface area contributed by atoms with Crippen molar-refractivity contribution in [1.82, 2.24) is 9.62 Å². The normalized spacial score (nSPS) is 14.1. The molecule has 1 atom stereocenters. The zero-order valence-corrected chi connectivity index (χ0v) is 11.8. The van der Waals surface area contributed by atoms with Crippen molar-refractivity contribution in [2.75, 3.05) is 26.4 Å². The molecule has 0 bridgehead atoms. The molecule has 17 heavy (non-hydrogen) atoms. The van der Waals surface area contributed by atoms with Crippen LogP contribution in [0.2, 0.25) is 0 Å². The molecule has 1 unspecified atom stereocenters. The van der Waals surface area contributed by atoms with E-state index in [1.54, 1.807) is 0 Å². The van der Waals surface area contributed by atoms with Crippen molar-refractivity contribution in [3.05, 3.63) is 0 Å². The van der Waals surface area contributed by atoms with Gasteiger partial charge < -0.3 is 11.1 Å². The number of hydrogen-bond donors (Lipinski definition) is 2. The van der Waals surface area contributed by atoms with E-state index in [4.69, 9.17) is 5.73 Å². The van der Waals surface area contributed by atoms with Crippen molar-refractivity contribution in [2.24, 2.45) is 11.7 Å². The van der Waals surface area contributed by atoms with Gasteiger partial charge in [0.05, 0.1) is 12.8 Å². The van der Waals surface area contributed by atoms with Gasteiger partial charge in [-0.3, -0.25) is 4.79 Å². The number of nitrogens with one attached hydrogen (secondary N) is 1. The minimum Gasteiger partial charge on any atom is -0.351 e. The number of hydrogen-bond acceptors (Lipinski definition) is 4. The van der Waals surface area contributed by atoms with E-state index in [1.165, 1.54) is 7.05 Å². The monoisotopic (exact) mass is 265 g/mol. The third-order valence-corrected chi connectivity index (χ3v) is 3.60. The van der Waals surface area contributed by atoms with E-state index in [0.29, 0.717) is 12.5 Å². The molecule has 0 heterocycles. The maximum absolute atomic E-state index is 11.6. The van der Waals surface area contributed by atoms with Gasteiger partial charge in [0, 0.05) is 19.6 Å². The molecule has 0 spiro atoms. The lowest BCUT2D eigenvalue weighted by Crippen LogP contribution is -2.45. The molecule has 102 valence electrons. The average molecular weight is 265 g/mol. The molecule has 0 rings (SSSR count). The summed E-state index contributed by atoms with van der Waals surface area (Å²) in [6.45, 7) is 4.26. The van der Waals surface area contributed by atoms with Crippen LogP contribution in [0.5, 0.6) is 0 Å². The third kappa shape index (κ3) is 7.30. The molecule has 0 aliphatic rings. The Kier molecular flexibility index (Phi) is 6.66. The van der Waals surface area contributed by atoms with Crippen LogP contribution >= 0.6 is 0 Å². The van der Waals surface area contributed by atoms with Crippen LogP contribution < -0.4 is 11.1 Å². The molecule has 6 nitrogen and oxygen atoms in total. The van der Waals surface area contributed by atoms with Crippen molar-refractivity contribution < 1.29 is 13.2 Å². The van der Waals surface area contributed by atoms with Crippen molar-refractivity contribution >= 4 is 15.9 Å². The Bertz CT molecular complexity index is 341. The number of carbonyl (C=O) groups excluding carboxylic acids is 1. The summed E-state index contributed by atoms with van der Waals surface area (Å²) in [4.78, 5) is 11.6. The van der Waals surface area contributed by atoms with E-state index >= 15 is 0 Å². The predicted molar refractivity (Wildman–Crippen MR) is 67.9 cm³/mol. The van der Waals surface area contributed by atoms with Crippen LogP contribution in [0.1, 0.15) is 20.3 Å². The van der Waals surface area contributed by atoms with Gasteiger partial charge in [-0.15, -0.1) is 0 Å². The summed E-state index contributed by atoms with van der Waals surface area (Å²) in [5.41, 5.74) is 5.54. The highest BCUT2D eigenvalue weighted by Gasteiger charge is 2.17. The fraction of sp³-hybridized carbons (Fsp3) is 0.900. The van der Waals surface area contributed by atoms with Crippen LogP contribution in [0.15, 0.2) is 0 Å². The maximum Gasteiger partial charge on any atom is 0.235 e. The first-order valence-electron chi connectivity index (χ1n) is 5.57. The Morgan fingerprint density at radius 1 is 1.41 bits per heavy atom. The van der Waals surface area contributed by atoms with Gasteiger partial charge in [0.2, 0.25) is 15.9 Å². The summed E-state index contributed by atoms with van der Waals surface area (Å²) in [6, 6.07) is -0.101. The Labute approximate surface area is 104 Å². The second-order valence-electron chi connectivity index (χ2n) is 4.65. The topological polar surface area (TPSA) is 92.5 Å². The minimum atomic E-state index is -3.32. The average Bonchev–Trinajstić information content (AvgIpc) is 2.14. The van der Waals surface area contributed by atoms with Gasteiger partial charge in [0.15, 0.2) is 0 Å². The van der Waals surface area contributed by atoms with Crippen LogP contribution in [0.4, 0.5) is 0 Å². The number of nitrogens with two attached hydrogens (primary N) is 1. The predicted octanol–water partition coefficient (Wildman–Crippen LogP) is -0.633. The SMILES string of the molecule is CC(C)CC(CN)NC(=O)CN(C)S(C)(=O)=O. The summed E-state index contributed by atoms with van der Waals surface area (Å²) in [5, 5.41) is 2.73. The number of likely N-dealkylation sites (N-methyl/N-ethyl adjacent to an activating group) is 1. The summed E-state index contributed by atoms with van der Waals surface area (Å²) < 4.78 is 23.2. The zero-order valence-electron chi connectivity index (χ0n) is 10.9. The standard InChI is InChI=1S/C10H23N3O3S/c1-8(2)5-9(6-11)12-10(14)7-13(3)17(4,15)16/h8-9H,5-7,11H2,1-4H3,(H,12,14). The molecule has 0 aliphatic heterocycles. The van der Waals surface area contributed by atoms with E-state index in [9.17, 15) is 13.2 Å². The molecule has 0 radical (unpaired) electrons. The Hall–Kier alpha value is -0.660. The fourth-order valence-electron chi connectivity index (χ4n) is 1.38. The molecule has 0 aromatic heterocycles. The highest BCUT2D eigenvalue weighted by molar-refractivity contribution is 7.88. The van der Waals surface area contributed by atoms with Gasteiger partial charge in [-0.25, -0.2) is 8.42 Å². The second kappa shape index (κ2) is 6.93. The smallest absolute Gasteiger partial charge is 0.235 e. The van der Waals surface area contributed by atoms with Crippen LogP contribution in [0.3, 0.4) is 0 Å². The molecular weight excluding hydrogens is 242 g/mol. The lowest BCUT2D eigenvalue weighted by molar-refractivity contribution is -0.121. The molecule has 0 saturated carbocycles. The first-order chi connectivity index (χ1) is 7.66. The lowest BCUT2D eigenvalue weighted by atomic mass is 10.0. The lowest BCUT2D eigenvalue weighted by Gasteiger charge is -2.20. The van der Waals surface area contributed by atoms with Crippen LogP contribution in [0, 0.1) is 5.92 Å². The van der Waals surface area contributed by atoms with Gasteiger partial charge in [-0.2, -0.15) is 4.31 Å². The quantitative estimate of drug-likeness (QED) is 0.641. The van der Waals surface area contributed by atoms with E-state index < -0.39 is 10.0 Å². The Balaban J connectivity index is 4.25. The minimum absolute atomic E-state index is 0.101. The Morgan fingerprint density at radius 3 is 2.29 bits per heavy atom. The first-order valence-corrected chi connectivity index (χ1v) is 7.42. The van der Waals surface area contributed by atoms with Crippen molar-refractivity contribution in [3.8, 4) is 0 Å². The maximum atomic E-state index is 11.6. The zero-order chi connectivity index (χ0) is 13.6. The van der Waals surface area contributed by atoms with Gasteiger partial charge in [0.25, 0.3) is 0 Å². The molecule has 1 amide bonds. The van der Waals surface area contributed by atoms with Gasteiger partial charge in [-0.05, 0) is 12.3 Å². The van der Waals surface area contributed by atoms with E-state index in [-0.39, 0.29) is 18.5 Å². The number of nitrogens with zero attached hydrogens (tertiary/aromatic N) is 1. The molecule has 0 saturated heterocycles. The summed E-state index contributed by atoms with van der Waals surface area (Å²) in [7, 11) is -1.95. The largest absolute Gasteiger partial charge is 0.351 e. The number of sulfonamides is 1. The van der Waals surface area contributed by atoms with Gasteiger partial charge in [-0.1, -0.05) is 13.8 Å². The van der Waals surface area contributed by atoms with E-state index in [2.05, 4.69) is 5.32 Å². The Morgan fingerprint density at radius 2 is 1.94 bits per heavy atom. The van der Waals surface area contributed by atoms with E-state index in [0.717, 1.165) is 17.0 Å². The van der Waals surface area contributed by atoms with Gasteiger partial charge in [0.1, 0.15) is 0 Å². The highest BCUT2D eigenvalue weighted by Crippen LogP contribution is 2.03. The third-order valence-electron chi connectivity index (χ3n) is 2.34. The van der Waals surface area contributed by atoms with Crippen molar-refractivity contribution in [3.63, 3.8) is 0 Å². The molecule has 0 aromatic carbocycles. The van der Waals surface area contributed by atoms with Crippen LogP contribution in [-0.4, -0.2) is 51.1 Å². The molecule has 0 aliphatic carbocycles. The molecule has 0 fully saturated rings. The first kappa shape index (κ1) is 16.3. The molecular formula is C10H23N3O3S. The molecule has 7 heteroatoms. The number of carbonyl (C=O) groups is 1. The molecule has 3 N–H and O–H groups in total. The van der Waals surface area contributed by atoms with Crippen LogP contribution in [-0.2, 0) is 14.8 Å².